The summed E-state index contributed by atoms with van der Waals surface area (Å²) < 4.78 is 0.598. The van der Waals surface area contributed by atoms with E-state index in [0.717, 1.165) is 5.56 Å². The van der Waals surface area contributed by atoms with Gasteiger partial charge in [-0.3, -0.25) is 4.79 Å². The van der Waals surface area contributed by atoms with Gasteiger partial charge in [0.1, 0.15) is 10.3 Å². The zero-order valence-corrected chi connectivity index (χ0v) is 11.7. The van der Waals surface area contributed by atoms with E-state index >= 15 is 0 Å². The van der Waals surface area contributed by atoms with Crippen molar-refractivity contribution < 1.29 is 9.90 Å². The lowest BCUT2D eigenvalue weighted by Crippen LogP contribution is -2.31. The maximum Gasteiger partial charge on any atom is 0.270 e. The maximum absolute atomic E-state index is 12.0. The van der Waals surface area contributed by atoms with Crippen LogP contribution in [0.4, 0.5) is 0 Å². The zero-order chi connectivity index (χ0) is 13.7. The molecule has 0 bridgehead atoms. The van der Waals surface area contributed by atoms with E-state index in [9.17, 15) is 9.90 Å². The van der Waals surface area contributed by atoms with E-state index in [1.54, 1.807) is 18.2 Å². The lowest BCUT2D eigenvalue weighted by Gasteiger charge is -2.16. The molecule has 2 aromatic rings. The number of rotatable bonds is 4. The van der Waals surface area contributed by atoms with Gasteiger partial charge in [-0.05, 0) is 33.6 Å². The zero-order valence-electron chi connectivity index (χ0n) is 10.1. The molecule has 1 amide bonds. The highest BCUT2D eigenvalue weighted by Crippen LogP contribution is 2.13. The molecule has 0 saturated heterocycles. The van der Waals surface area contributed by atoms with E-state index in [1.807, 2.05) is 30.3 Å². The van der Waals surface area contributed by atoms with Gasteiger partial charge in [0.25, 0.3) is 5.91 Å². The number of nitrogens with zero attached hydrogens (tertiary/aromatic N) is 1. The van der Waals surface area contributed by atoms with Crippen LogP contribution < -0.4 is 5.32 Å². The van der Waals surface area contributed by atoms with Crippen molar-refractivity contribution in [1.29, 1.82) is 0 Å². The quantitative estimate of drug-likeness (QED) is 0.850. The second-order valence-corrected chi connectivity index (χ2v) is 4.78. The number of halogens is 1. The number of hydrogen-bond donors (Lipinski definition) is 2. The Labute approximate surface area is 119 Å². The summed E-state index contributed by atoms with van der Waals surface area (Å²) in [5.41, 5.74) is 1.16. The van der Waals surface area contributed by atoms with Crippen LogP contribution in [0.5, 0.6) is 0 Å². The molecular weight excluding hydrogens is 308 g/mol. The van der Waals surface area contributed by atoms with Crippen molar-refractivity contribution in [2.45, 2.75) is 6.04 Å². The molecule has 0 fully saturated rings. The Balaban J connectivity index is 2.13. The van der Waals surface area contributed by atoms with Gasteiger partial charge in [-0.15, -0.1) is 0 Å². The number of aliphatic hydroxyl groups is 1. The van der Waals surface area contributed by atoms with Crippen molar-refractivity contribution in [3.8, 4) is 0 Å². The van der Waals surface area contributed by atoms with Gasteiger partial charge < -0.3 is 10.4 Å². The van der Waals surface area contributed by atoms with Gasteiger partial charge in [0.05, 0.1) is 12.6 Å². The minimum Gasteiger partial charge on any atom is -0.394 e. The van der Waals surface area contributed by atoms with Gasteiger partial charge in [0.15, 0.2) is 0 Å². The average molecular weight is 321 g/mol. The molecular formula is C14H13BrN2O2. The third-order valence-corrected chi connectivity index (χ3v) is 3.08. The third kappa shape index (κ3) is 3.62. The fourth-order valence-corrected chi connectivity index (χ4v) is 2.03. The van der Waals surface area contributed by atoms with Crippen LogP contribution in [0, 0.1) is 0 Å². The highest BCUT2D eigenvalue weighted by atomic mass is 79.9. The third-order valence-electron chi connectivity index (χ3n) is 2.64. The van der Waals surface area contributed by atoms with Crippen LogP contribution in [0.3, 0.4) is 0 Å². The maximum atomic E-state index is 12.0. The van der Waals surface area contributed by atoms with Crippen molar-refractivity contribution in [3.63, 3.8) is 0 Å². The Hall–Kier alpha value is -1.72. The van der Waals surface area contributed by atoms with Crippen LogP contribution in [0.15, 0.2) is 53.1 Å². The molecule has 19 heavy (non-hydrogen) atoms. The van der Waals surface area contributed by atoms with Crippen LogP contribution in [0.1, 0.15) is 22.1 Å². The fourth-order valence-electron chi connectivity index (χ4n) is 1.69. The van der Waals surface area contributed by atoms with E-state index in [-0.39, 0.29) is 12.5 Å². The molecule has 1 aromatic heterocycles. The molecule has 0 aliphatic heterocycles. The SMILES string of the molecule is O=C(N[C@@H](CO)c1ccccc1)c1cccc(Br)n1. The first-order chi connectivity index (χ1) is 9.20. The summed E-state index contributed by atoms with van der Waals surface area (Å²) in [6.07, 6.45) is 0. The summed E-state index contributed by atoms with van der Waals surface area (Å²) >= 11 is 3.22. The van der Waals surface area contributed by atoms with Gasteiger partial charge in [0, 0.05) is 0 Å². The molecule has 2 N–H and O–H groups in total. The number of pyridine rings is 1. The van der Waals surface area contributed by atoms with Gasteiger partial charge >= 0.3 is 0 Å². The highest BCUT2D eigenvalue weighted by molar-refractivity contribution is 9.10. The van der Waals surface area contributed by atoms with Gasteiger partial charge in [-0.1, -0.05) is 36.4 Å². The van der Waals surface area contributed by atoms with Crippen LogP contribution in [-0.2, 0) is 0 Å². The minimum atomic E-state index is -0.436. The molecule has 1 heterocycles. The second-order valence-electron chi connectivity index (χ2n) is 3.96. The number of nitrogens with one attached hydrogen (secondary N) is 1. The van der Waals surface area contributed by atoms with Gasteiger partial charge in [0.2, 0.25) is 0 Å². The number of amides is 1. The summed E-state index contributed by atoms with van der Waals surface area (Å²) in [6, 6.07) is 14.0. The molecule has 0 aliphatic rings. The van der Waals surface area contributed by atoms with Crippen LogP contribution in [0.25, 0.3) is 0 Å². The van der Waals surface area contributed by atoms with Crippen molar-refractivity contribution in [1.82, 2.24) is 10.3 Å². The van der Waals surface area contributed by atoms with E-state index in [0.29, 0.717) is 10.3 Å². The van der Waals surface area contributed by atoms with Crippen molar-refractivity contribution in [2.24, 2.45) is 0 Å². The Morgan fingerprint density at radius 3 is 2.58 bits per heavy atom. The molecule has 98 valence electrons. The first-order valence-electron chi connectivity index (χ1n) is 5.80. The van der Waals surface area contributed by atoms with Crippen LogP contribution in [0.2, 0.25) is 0 Å². The predicted octanol–water partition coefficient (Wildman–Crippen LogP) is 2.31. The first-order valence-corrected chi connectivity index (χ1v) is 6.59. The predicted molar refractivity (Wildman–Crippen MR) is 75.7 cm³/mol. The molecule has 0 radical (unpaired) electrons. The lowest BCUT2D eigenvalue weighted by molar-refractivity contribution is 0.0911. The molecule has 5 heteroatoms. The Kier molecular flexibility index (Phi) is 4.65. The number of aliphatic hydroxyl groups excluding tert-OH is 1. The number of carbonyl (C=O) groups is 1. The molecule has 0 aliphatic carbocycles. The van der Waals surface area contributed by atoms with Gasteiger partial charge in [-0.2, -0.15) is 0 Å². The monoisotopic (exact) mass is 320 g/mol. The van der Waals surface area contributed by atoms with E-state index < -0.39 is 6.04 Å². The second kappa shape index (κ2) is 6.45. The normalized spacial score (nSPS) is 11.9. The molecule has 1 atom stereocenters. The smallest absolute Gasteiger partial charge is 0.270 e. The molecule has 0 spiro atoms. The Morgan fingerprint density at radius 2 is 1.95 bits per heavy atom. The number of hydrogen-bond acceptors (Lipinski definition) is 3. The first kappa shape index (κ1) is 13.7. The standard InChI is InChI=1S/C14H13BrN2O2/c15-13-8-4-7-11(16-13)14(19)17-12(9-18)10-5-2-1-3-6-10/h1-8,12,18H,9H2,(H,17,19)/t12-/m0/s1. The van der Waals surface area contributed by atoms with Crippen LogP contribution in [-0.4, -0.2) is 22.6 Å². The minimum absolute atomic E-state index is 0.163. The van der Waals surface area contributed by atoms with E-state index in [4.69, 9.17) is 0 Å². The summed E-state index contributed by atoms with van der Waals surface area (Å²) in [5, 5.41) is 12.1. The summed E-state index contributed by atoms with van der Waals surface area (Å²) in [7, 11) is 0. The largest absolute Gasteiger partial charge is 0.394 e. The van der Waals surface area contributed by atoms with Gasteiger partial charge in [-0.25, -0.2) is 4.98 Å². The molecule has 0 saturated carbocycles. The summed E-state index contributed by atoms with van der Waals surface area (Å²) in [4.78, 5) is 16.1. The highest BCUT2D eigenvalue weighted by Gasteiger charge is 2.15. The lowest BCUT2D eigenvalue weighted by atomic mass is 10.1. The number of carbonyl (C=O) groups excluding carboxylic acids is 1. The van der Waals surface area contributed by atoms with E-state index in [2.05, 4.69) is 26.2 Å². The summed E-state index contributed by atoms with van der Waals surface area (Å²) in [6.45, 7) is -0.163. The van der Waals surface area contributed by atoms with Crippen molar-refractivity contribution in [3.05, 3.63) is 64.4 Å². The molecule has 1 aromatic carbocycles. The average Bonchev–Trinajstić information content (AvgIpc) is 2.45. The molecule has 0 unspecified atom stereocenters. The van der Waals surface area contributed by atoms with Crippen molar-refractivity contribution in [2.75, 3.05) is 6.61 Å². The van der Waals surface area contributed by atoms with Crippen molar-refractivity contribution >= 4 is 21.8 Å². The molecule has 4 nitrogen and oxygen atoms in total. The number of benzene rings is 1. The Morgan fingerprint density at radius 1 is 1.21 bits per heavy atom. The number of aromatic nitrogens is 1. The fraction of sp³-hybridized carbons (Fsp3) is 0.143. The topological polar surface area (TPSA) is 62.2 Å². The summed E-state index contributed by atoms with van der Waals surface area (Å²) in [5.74, 6) is -0.316. The van der Waals surface area contributed by atoms with E-state index in [1.165, 1.54) is 0 Å². The van der Waals surface area contributed by atoms with Crippen LogP contribution >= 0.6 is 15.9 Å². The molecule has 2 rings (SSSR count). The Bertz CT molecular complexity index is 560.